The minimum atomic E-state index is 0.535. The van der Waals surface area contributed by atoms with Crippen LogP contribution in [0.1, 0.15) is 37.8 Å². The van der Waals surface area contributed by atoms with Crippen LogP contribution in [0.3, 0.4) is 0 Å². The van der Waals surface area contributed by atoms with Crippen molar-refractivity contribution in [3.05, 3.63) is 28.5 Å². The van der Waals surface area contributed by atoms with Crippen LogP contribution in [-0.2, 0) is 0 Å². The summed E-state index contributed by atoms with van der Waals surface area (Å²) in [5.74, 6) is 0. The maximum atomic E-state index is 4.38. The highest BCUT2D eigenvalue weighted by atomic mass is 79.9. The molecule has 0 aromatic carbocycles. The summed E-state index contributed by atoms with van der Waals surface area (Å²) in [5.41, 5.74) is 1.36. The number of hydrogen-bond donors (Lipinski definition) is 1. The molecule has 0 amide bonds. The molecule has 0 unspecified atom stereocenters. The van der Waals surface area contributed by atoms with Crippen LogP contribution < -0.4 is 5.32 Å². The fourth-order valence-electron chi connectivity index (χ4n) is 2.54. The fraction of sp³-hybridized carbons (Fsp3) is 0.643. The first-order valence-electron chi connectivity index (χ1n) is 6.87. The first-order valence-corrected chi connectivity index (χ1v) is 7.66. The van der Waals surface area contributed by atoms with Crippen molar-refractivity contribution in [1.82, 2.24) is 15.2 Å². The van der Waals surface area contributed by atoms with Crippen LogP contribution in [-0.4, -0.2) is 36.1 Å². The molecular formula is C14H22BrN3. The average molecular weight is 312 g/mol. The van der Waals surface area contributed by atoms with Crippen molar-refractivity contribution in [2.45, 2.75) is 32.2 Å². The van der Waals surface area contributed by atoms with E-state index in [1.165, 1.54) is 24.8 Å². The van der Waals surface area contributed by atoms with Crippen molar-refractivity contribution in [2.75, 3.05) is 26.2 Å². The lowest BCUT2D eigenvalue weighted by atomic mass is 10.0. The zero-order valence-electron chi connectivity index (χ0n) is 11.0. The summed E-state index contributed by atoms with van der Waals surface area (Å²) >= 11 is 3.41. The van der Waals surface area contributed by atoms with Crippen LogP contribution in [0.5, 0.6) is 0 Å². The van der Waals surface area contributed by atoms with Crippen LogP contribution >= 0.6 is 15.9 Å². The highest BCUT2D eigenvalue weighted by Crippen LogP contribution is 2.26. The molecule has 0 radical (unpaired) electrons. The second-order valence-electron chi connectivity index (χ2n) is 4.86. The molecular weight excluding hydrogens is 290 g/mol. The summed E-state index contributed by atoms with van der Waals surface area (Å²) < 4.78 is 0.917. The molecule has 1 aromatic heterocycles. The summed E-state index contributed by atoms with van der Waals surface area (Å²) in [6, 6.07) is 4.79. The fourth-order valence-corrected chi connectivity index (χ4v) is 2.77. The molecule has 0 spiro atoms. The van der Waals surface area contributed by atoms with Crippen molar-refractivity contribution < 1.29 is 0 Å². The lowest BCUT2D eigenvalue weighted by molar-refractivity contribution is 0.163. The van der Waals surface area contributed by atoms with Gasteiger partial charge in [-0.3, -0.25) is 4.90 Å². The van der Waals surface area contributed by atoms with E-state index in [0.717, 1.165) is 30.8 Å². The Morgan fingerprint density at radius 3 is 2.78 bits per heavy atom. The molecule has 3 nitrogen and oxygen atoms in total. The largest absolute Gasteiger partial charge is 0.314 e. The molecule has 1 atom stereocenters. The first-order chi connectivity index (χ1) is 8.81. The number of nitrogens with zero attached hydrogens (tertiary/aromatic N) is 2. The molecule has 0 saturated carbocycles. The Morgan fingerprint density at radius 2 is 2.17 bits per heavy atom. The van der Waals surface area contributed by atoms with E-state index in [4.69, 9.17) is 0 Å². The van der Waals surface area contributed by atoms with Crippen molar-refractivity contribution in [1.29, 1.82) is 0 Å². The Bertz CT molecular complexity index is 347. The summed E-state index contributed by atoms with van der Waals surface area (Å²) in [6.07, 6.45) is 5.80. The molecule has 1 aliphatic rings. The van der Waals surface area contributed by atoms with Gasteiger partial charge in [0.1, 0.15) is 4.60 Å². The van der Waals surface area contributed by atoms with Gasteiger partial charge in [0.05, 0.1) is 0 Å². The SMILES string of the molecule is CCCC[C@H](c1ccc(Br)nc1)N1CCNCC1. The number of pyridine rings is 1. The van der Waals surface area contributed by atoms with Gasteiger partial charge in [0.15, 0.2) is 0 Å². The smallest absolute Gasteiger partial charge is 0.106 e. The molecule has 0 aliphatic carbocycles. The predicted octanol–water partition coefficient (Wildman–Crippen LogP) is 2.98. The van der Waals surface area contributed by atoms with Crippen LogP contribution in [0.25, 0.3) is 0 Å². The Kier molecular flexibility index (Phi) is 5.60. The van der Waals surface area contributed by atoms with Crippen molar-refractivity contribution in [3.8, 4) is 0 Å². The third-order valence-corrected chi connectivity index (χ3v) is 4.03. The van der Waals surface area contributed by atoms with E-state index in [1.54, 1.807) is 0 Å². The molecule has 4 heteroatoms. The Balaban J connectivity index is 2.10. The van der Waals surface area contributed by atoms with Gasteiger partial charge in [-0.25, -0.2) is 4.98 Å². The van der Waals surface area contributed by atoms with E-state index in [-0.39, 0.29) is 0 Å². The lowest BCUT2D eigenvalue weighted by Gasteiger charge is -2.35. The zero-order chi connectivity index (χ0) is 12.8. The molecule has 1 N–H and O–H groups in total. The molecule has 1 aliphatic heterocycles. The van der Waals surface area contributed by atoms with Crippen molar-refractivity contribution >= 4 is 15.9 Å². The summed E-state index contributed by atoms with van der Waals surface area (Å²) in [7, 11) is 0. The average Bonchev–Trinajstić information content (AvgIpc) is 2.42. The monoisotopic (exact) mass is 311 g/mol. The third-order valence-electron chi connectivity index (χ3n) is 3.56. The maximum absolute atomic E-state index is 4.38. The third kappa shape index (κ3) is 3.77. The molecule has 1 fully saturated rings. The Morgan fingerprint density at radius 1 is 1.39 bits per heavy atom. The quantitative estimate of drug-likeness (QED) is 0.847. The van der Waals surface area contributed by atoms with Gasteiger partial charge >= 0.3 is 0 Å². The number of halogens is 1. The maximum Gasteiger partial charge on any atom is 0.106 e. The minimum absolute atomic E-state index is 0.535. The Hall–Kier alpha value is -0.450. The van der Waals surface area contributed by atoms with Gasteiger partial charge in [0.2, 0.25) is 0 Å². The predicted molar refractivity (Wildman–Crippen MR) is 78.6 cm³/mol. The number of rotatable bonds is 5. The van der Waals surface area contributed by atoms with E-state index in [9.17, 15) is 0 Å². The molecule has 2 heterocycles. The summed E-state index contributed by atoms with van der Waals surface area (Å²) in [6.45, 7) is 6.75. The number of unbranched alkanes of at least 4 members (excludes halogenated alkanes) is 1. The Labute approximate surface area is 118 Å². The number of hydrogen-bond acceptors (Lipinski definition) is 3. The van der Waals surface area contributed by atoms with Crippen LogP contribution in [0, 0.1) is 0 Å². The minimum Gasteiger partial charge on any atom is -0.314 e. The molecule has 18 heavy (non-hydrogen) atoms. The summed E-state index contributed by atoms with van der Waals surface area (Å²) in [4.78, 5) is 6.97. The number of nitrogens with one attached hydrogen (secondary N) is 1. The number of piperazine rings is 1. The van der Waals surface area contributed by atoms with Crippen LogP contribution in [0.4, 0.5) is 0 Å². The zero-order valence-corrected chi connectivity index (χ0v) is 12.6. The highest BCUT2D eigenvalue weighted by Gasteiger charge is 2.21. The van der Waals surface area contributed by atoms with E-state index in [2.05, 4.69) is 50.2 Å². The topological polar surface area (TPSA) is 28.2 Å². The normalized spacial score (nSPS) is 18.8. The van der Waals surface area contributed by atoms with E-state index in [1.807, 2.05) is 6.20 Å². The molecule has 1 saturated heterocycles. The molecule has 2 rings (SSSR count). The molecule has 0 bridgehead atoms. The standard InChI is InChI=1S/C14H22BrN3/c1-2-3-4-13(18-9-7-16-8-10-18)12-5-6-14(15)17-11-12/h5-6,11,13,16H,2-4,7-10H2,1H3/t13-/m1/s1. The van der Waals surface area contributed by atoms with E-state index < -0.39 is 0 Å². The van der Waals surface area contributed by atoms with Crippen molar-refractivity contribution in [2.24, 2.45) is 0 Å². The lowest BCUT2D eigenvalue weighted by Crippen LogP contribution is -2.45. The van der Waals surface area contributed by atoms with Gasteiger partial charge in [0.25, 0.3) is 0 Å². The molecule has 100 valence electrons. The van der Waals surface area contributed by atoms with Crippen LogP contribution in [0.15, 0.2) is 22.9 Å². The molecule has 1 aromatic rings. The van der Waals surface area contributed by atoms with E-state index in [0.29, 0.717) is 6.04 Å². The van der Waals surface area contributed by atoms with E-state index >= 15 is 0 Å². The van der Waals surface area contributed by atoms with Gasteiger partial charge in [-0.15, -0.1) is 0 Å². The van der Waals surface area contributed by atoms with Gasteiger partial charge in [0, 0.05) is 38.4 Å². The number of aromatic nitrogens is 1. The van der Waals surface area contributed by atoms with Gasteiger partial charge in [-0.1, -0.05) is 25.8 Å². The van der Waals surface area contributed by atoms with Gasteiger partial charge in [-0.05, 0) is 34.0 Å². The van der Waals surface area contributed by atoms with Crippen molar-refractivity contribution in [3.63, 3.8) is 0 Å². The first kappa shape index (κ1) is 14.0. The summed E-state index contributed by atoms with van der Waals surface area (Å²) in [5, 5.41) is 3.42. The highest BCUT2D eigenvalue weighted by molar-refractivity contribution is 9.10. The van der Waals surface area contributed by atoms with Crippen LogP contribution in [0.2, 0.25) is 0 Å². The van der Waals surface area contributed by atoms with Gasteiger partial charge in [-0.2, -0.15) is 0 Å². The van der Waals surface area contributed by atoms with Gasteiger partial charge < -0.3 is 5.32 Å². The second kappa shape index (κ2) is 7.22. The second-order valence-corrected chi connectivity index (χ2v) is 5.67.